The molecule has 0 aromatic carbocycles. The van der Waals surface area contributed by atoms with Gasteiger partial charge in [-0.25, -0.2) is 0 Å². The molecule has 1 saturated carbocycles. The van der Waals surface area contributed by atoms with E-state index in [4.69, 9.17) is 9.72 Å². The van der Waals surface area contributed by atoms with Crippen molar-refractivity contribution in [2.75, 3.05) is 19.7 Å². The molecule has 260 valence electrons. The van der Waals surface area contributed by atoms with Crippen LogP contribution in [-0.2, 0) is 0 Å². The van der Waals surface area contributed by atoms with Gasteiger partial charge in [-0.3, -0.25) is 35.2 Å². The lowest BCUT2D eigenvalue weighted by Crippen LogP contribution is -2.60. The van der Waals surface area contributed by atoms with Crippen LogP contribution >= 0.6 is 11.9 Å². The molecule has 6 heterocycles. The Bertz CT molecular complexity index is 1320. The molecule has 0 radical (unpaired) electrons. The third kappa shape index (κ3) is 7.65. The Kier molecular flexibility index (Phi) is 9.85. The van der Waals surface area contributed by atoms with Crippen molar-refractivity contribution < 1.29 is 17.9 Å². The molecule has 4 N–H and O–H groups in total. The maximum Gasteiger partial charge on any atom is 0.394 e. The summed E-state index contributed by atoms with van der Waals surface area (Å²) in [4.78, 5) is 7.46. The molecule has 1 aliphatic carbocycles. The van der Waals surface area contributed by atoms with Crippen molar-refractivity contribution in [3.05, 3.63) is 42.4 Å². The summed E-state index contributed by atoms with van der Waals surface area (Å²) in [5.41, 5.74) is -0.404. The molecule has 9 nitrogen and oxygen atoms in total. The summed E-state index contributed by atoms with van der Waals surface area (Å²) in [6.07, 6.45) is 9.18. The molecule has 4 bridgehead atoms. The maximum absolute atomic E-state index is 13.4. The number of nitrogens with one attached hydrogen (secondary N) is 4. The lowest BCUT2D eigenvalue weighted by atomic mass is 9.89. The molecule has 7 rings (SSSR count). The average molecular weight is 677 g/mol. The fourth-order valence-electron chi connectivity index (χ4n) is 8.48. The molecule has 0 spiro atoms. The minimum Gasteiger partial charge on any atom is -0.477 e. The molecule has 47 heavy (non-hydrogen) atoms. The second-order valence-electron chi connectivity index (χ2n) is 15.2. The largest absolute Gasteiger partial charge is 0.477 e. The van der Waals surface area contributed by atoms with Crippen LogP contribution in [0.2, 0.25) is 0 Å². The predicted octanol–water partition coefficient (Wildman–Crippen LogP) is 6.10. The Hall–Kier alpha value is -1.90. The number of piperidine rings is 2. The number of nitrogens with zero attached hydrogens (tertiary/aromatic N) is 4. The highest BCUT2D eigenvalue weighted by Crippen LogP contribution is 2.59. The van der Waals surface area contributed by atoms with E-state index in [1.54, 1.807) is 6.07 Å². The van der Waals surface area contributed by atoms with E-state index in [1.165, 1.54) is 6.42 Å². The SMILES string of the molecule is CC1(C)C[C@@H]2CCC(c3ccccn3)NC3CCCC(N3)SNCC3CCC(n4ccc(OCCC5(C(F)(F)F)CC5)n4)NC3N1C2. The minimum absolute atomic E-state index is 0.0124. The number of rotatable bonds is 6. The van der Waals surface area contributed by atoms with Crippen LogP contribution in [0.4, 0.5) is 13.2 Å². The first-order valence-corrected chi connectivity index (χ1v) is 18.6. The Morgan fingerprint density at radius 1 is 1.02 bits per heavy atom. The van der Waals surface area contributed by atoms with Crippen molar-refractivity contribution in [1.29, 1.82) is 0 Å². The van der Waals surface area contributed by atoms with Gasteiger partial charge in [0.1, 0.15) is 6.17 Å². The normalized spacial score (nSPS) is 35.7. The summed E-state index contributed by atoms with van der Waals surface area (Å²) in [6, 6.07) is 8.22. The van der Waals surface area contributed by atoms with Gasteiger partial charge in [-0.15, -0.1) is 5.10 Å². The zero-order valence-electron chi connectivity index (χ0n) is 27.6. The van der Waals surface area contributed by atoms with Crippen LogP contribution in [0.25, 0.3) is 0 Å². The van der Waals surface area contributed by atoms with Gasteiger partial charge in [-0.05, 0) is 103 Å². The Morgan fingerprint density at radius 3 is 2.68 bits per heavy atom. The molecule has 5 aliphatic rings. The van der Waals surface area contributed by atoms with E-state index in [9.17, 15) is 13.2 Å². The summed E-state index contributed by atoms with van der Waals surface area (Å²) in [6.45, 7) is 6.75. The number of hydrogen-bond donors (Lipinski definition) is 4. The van der Waals surface area contributed by atoms with Gasteiger partial charge in [-0.1, -0.05) is 18.0 Å². The standard InChI is InChI=1S/C34H51F3N8OS/c1-32(2)20-23-9-11-26(25-6-3-4-17-38-25)40-27-7-5-8-30(41-27)47-39-21-24-10-12-28(42-31(24)44(32)22-23)45-18-13-29(43-45)46-19-16-33(14-15-33)34(35,36)37/h3-4,6,13,17-18,23-24,26-28,30-31,39-42H,5,7-12,14-16,19-22H2,1-2H3/t23-,24?,26?,27?,28?,30?,31?/m0/s1. The van der Waals surface area contributed by atoms with Crippen molar-refractivity contribution in [2.45, 2.75) is 126 Å². The third-order valence-corrected chi connectivity index (χ3v) is 12.4. The molecule has 4 saturated heterocycles. The van der Waals surface area contributed by atoms with Crippen molar-refractivity contribution in [3.8, 4) is 5.88 Å². The highest BCUT2D eigenvalue weighted by atomic mass is 32.2. The lowest BCUT2D eigenvalue weighted by molar-refractivity contribution is -0.190. The zero-order chi connectivity index (χ0) is 32.6. The minimum atomic E-state index is -4.16. The van der Waals surface area contributed by atoms with Crippen LogP contribution in [0, 0.1) is 17.3 Å². The van der Waals surface area contributed by atoms with Crippen LogP contribution in [-0.4, -0.2) is 68.8 Å². The fourth-order valence-corrected chi connectivity index (χ4v) is 9.51. The van der Waals surface area contributed by atoms with E-state index < -0.39 is 11.6 Å². The van der Waals surface area contributed by atoms with Gasteiger partial charge < -0.3 is 4.74 Å². The maximum atomic E-state index is 13.4. The third-order valence-electron chi connectivity index (χ3n) is 11.4. The fraction of sp³-hybridized carbons (Fsp3) is 0.765. The smallest absolute Gasteiger partial charge is 0.394 e. The first kappa shape index (κ1) is 33.6. The van der Waals surface area contributed by atoms with Gasteiger partial charge in [0, 0.05) is 43.0 Å². The molecule has 13 heteroatoms. The highest BCUT2D eigenvalue weighted by Gasteiger charge is 2.62. The van der Waals surface area contributed by atoms with Gasteiger partial charge in [0.2, 0.25) is 5.88 Å². The summed E-state index contributed by atoms with van der Waals surface area (Å²) in [5, 5.41) is 16.8. The quantitative estimate of drug-likeness (QED) is 0.271. The zero-order valence-corrected chi connectivity index (χ0v) is 28.5. The second-order valence-corrected chi connectivity index (χ2v) is 16.3. The number of aromatic nitrogens is 3. The Balaban J connectivity index is 1.05. The van der Waals surface area contributed by atoms with Crippen molar-refractivity contribution in [1.82, 2.24) is 40.3 Å². The van der Waals surface area contributed by atoms with E-state index in [1.807, 2.05) is 35.1 Å². The first-order valence-electron chi connectivity index (χ1n) is 17.7. The summed E-state index contributed by atoms with van der Waals surface area (Å²) in [5.74, 6) is 1.39. The van der Waals surface area contributed by atoms with Gasteiger partial charge in [0.15, 0.2) is 0 Å². The average Bonchev–Trinajstić information content (AvgIpc) is 3.60. The molecule has 2 aromatic rings. The van der Waals surface area contributed by atoms with E-state index >= 15 is 0 Å². The van der Waals surface area contributed by atoms with Gasteiger partial charge in [-0.2, -0.15) is 13.2 Å². The summed E-state index contributed by atoms with van der Waals surface area (Å²) in [7, 11) is 0. The number of ether oxygens (including phenoxy) is 1. The number of pyridine rings is 1. The van der Waals surface area contributed by atoms with Crippen molar-refractivity contribution in [2.24, 2.45) is 17.3 Å². The van der Waals surface area contributed by atoms with Crippen LogP contribution in [0.1, 0.15) is 102 Å². The number of hydrogen-bond acceptors (Lipinski definition) is 9. The van der Waals surface area contributed by atoms with E-state index in [2.05, 4.69) is 56.7 Å². The topological polar surface area (TPSA) is 91.3 Å². The van der Waals surface area contributed by atoms with Crippen molar-refractivity contribution >= 4 is 11.9 Å². The lowest BCUT2D eigenvalue weighted by Gasteiger charge is -2.47. The van der Waals surface area contributed by atoms with Crippen LogP contribution in [0.5, 0.6) is 5.88 Å². The predicted molar refractivity (Wildman–Crippen MR) is 177 cm³/mol. The summed E-state index contributed by atoms with van der Waals surface area (Å²) >= 11 is 1.83. The molecular formula is C34H51F3N8OS. The number of halogens is 3. The number of alkyl halides is 3. The molecule has 4 aliphatic heterocycles. The first-order chi connectivity index (χ1) is 22.6. The molecule has 2 aromatic heterocycles. The van der Waals surface area contributed by atoms with Crippen molar-refractivity contribution in [3.63, 3.8) is 0 Å². The molecule has 0 amide bonds. The Morgan fingerprint density at radius 2 is 1.89 bits per heavy atom. The summed E-state index contributed by atoms with van der Waals surface area (Å²) < 4.78 is 51.5. The van der Waals surface area contributed by atoms with Gasteiger partial charge >= 0.3 is 6.18 Å². The van der Waals surface area contributed by atoms with E-state index in [0.717, 1.165) is 63.7 Å². The highest BCUT2D eigenvalue weighted by molar-refractivity contribution is 7.98. The number of fused-ring (bicyclic) bond motifs is 6. The second kappa shape index (κ2) is 13.8. The van der Waals surface area contributed by atoms with Crippen LogP contribution < -0.4 is 25.4 Å². The molecule has 5 fully saturated rings. The van der Waals surface area contributed by atoms with E-state index in [-0.39, 0.29) is 55.9 Å². The van der Waals surface area contributed by atoms with Crippen LogP contribution in [0.15, 0.2) is 36.7 Å². The molecule has 8 atom stereocenters. The Labute approximate surface area is 281 Å². The van der Waals surface area contributed by atoms with Gasteiger partial charge in [0.25, 0.3) is 0 Å². The molecular weight excluding hydrogens is 625 g/mol. The monoisotopic (exact) mass is 676 g/mol. The molecule has 7 unspecified atom stereocenters. The van der Waals surface area contributed by atoms with Gasteiger partial charge in [0.05, 0.1) is 41.5 Å². The van der Waals surface area contributed by atoms with Crippen LogP contribution in [0.3, 0.4) is 0 Å². The van der Waals surface area contributed by atoms with E-state index in [0.29, 0.717) is 23.1 Å².